The number of carboxylic acids is 1. The molecule has 0 radical (unpaired) electrons. The molecule has 1 saturated heterocycles. The van der Waals surface area contributed by atoms with Crippen LogP contribution in [0.2, 0.25) is 5.02 Å². The number of carbonyl (C=O) groups excluding carboxylic acids is 1. The molecule has 1 aromatic heterocycles. The summed E-state index contributed by atoms with van der Waals surface area (Å²) in [6, 6.07) is 13.8. The van der Waals surface area contributed by atoms with E-state index in [0.717, 1.165) is 87.4 Å². The molecule has 1 amide bonds. The topological polar surface area (TPSA) is 110 Å². The second-order valence-corrected chi connectivity index (χ2v) is 17.7. The minimum Gasteiger partial charge on any atom is -0.493 e. The molecule has 2 aromatic carbocycles. The van der Waals surface area contributed by atoms with Gasteiger partial charge in [0, 0.05) is 53.6 Å². The van der Waals surface area contributed by atoms with Crippen LogP contribution in [0.4, 0.5) is 5.69 Å². The molecule has 8 rings (SSSR count). The predicted octanol–water partition coefficient (Wildman–Crippen LogP) is 8.60. The fourth-order valence-corrected chi connectivity index (χ4v) is 10.6. The van der Waals surface area contributed by atoms with Crippen LogP contribution in [0.1, 0.15) is 107 Å². The number of aliphatic carboxylic acids is 1. The fraction of sp³-hybridized carbons (Fsp3) is 0.568. The first-order valence-corrected chi connectivity index (χ1v) is 20.4. The number of carboxylic acid groups (broad SMARTS) is 1. The Kier molecular flexibility index (Phi) is 9.99. The van der Waals surface area contributed by atoms with E-state index in [2.05, 4.69) is 36.3 Å². The van der Waals surface area contributed by atoms with Gasteiger partial charge in [0.25, 0.3) is 0 Å². The number of nitrogens with one attached hydrogen (secondary N) is 1. The maximum absolute atomic E-state index is 13.1. The molecule has 9 nitrogen and oxygen atoms in total. The molecule has 2 aliphatic heterocycles. The molecule has 54 heavy (non-hydrogen) atoms. The molecule has 288 valence electrons. The molecule has 5 aliphatic rings. The van der Waals surface area contributed by atoms with Gasteiger partial charge in [-0.15, -0.1) is 0 Å². The van der Waals surface area contributed by atoms with E-state index in [0.29, 0.717) is 49.5 Å². The monoisotopic (exact) mass is 755 g/mol. The number of hydrogen-bond donors (Lipinski definition) is 2. The number of benzene rings is 2. The van der Waals surface area contributed by atoms with Gasteiger partial charge in [-0.2, -0.15) is 0 Å². The Labute approximate surface area is 324 Å². The Morgan fingerprint density at radius 2 is 1.80 bits per heavy atom. The number of rotatable bonds is 8. The highest BCUT2D eigenvalue weighted by Crippen LogP contribution is 2.58. The van der Waals surface area contributed by atoms with Crippen molar-refractivity contribution in [2.24, 2.45) is 17.3 Å². The van der Waals surface area contributed by atoms with Gasteiger partial charge in [-0.1, -0.05) is 31.5 Å². The minimum absolute atomic E-state index is 0.119. The first kappa shape index (κ1) is 37.0. The zero-order valence-corrected chi connectivity index (χ0v) is 32.7. The van der Waals surface area contributed by atoms with Crippen LogP contribution < -0.4 is 19.5 Å². The van der Waals surface area contributed by atoms with E-state index >= 15 is 0 Å². The number of piperidine rings is 1. The van der Waals surface area contributed by atoms with Crippen molar-refractivity contribution >= 4 is 29.2 Å². The summed E-state index contributed by atoms with van der Waals surface area (Å²) in [5.41, 5.74) is 4.30. The average Bonchev–Trinajstić information content (AvgIpc) is 3.31. The molecule has 3 heterocycles. The van der Waals surface area contributed by atoms with Crippen molar-refractivity contribution in [2.75, 3.05) is 38.2 Å². The van der Waals surface area contributed by atoms with Gasteiger partial charge < -0.3 is 29.5 Å². The van der Waals surface area contributed by atoms with Crippen molar-refractivity contribution in [1.29, 1.82) is 0 Å². The normalized spacial score (nSPS) is 27.4. The summed E-state index contributed by atoms with van der Waals surface area (Å²) >= 11 is 6.31. The van der Waals surface area contributed by atoms with Gasteiger partial charge in [0.05, 0.1) is 19.8 Å². The Morgan fingerprint density at radius 1 is 1.06 bits per heavy atom. The largest absolute Gasteiger partial charge is 0.493 e. The summed E-state index contributed by atoms with van der Waals surface area (Å²) in [5.74, 6) is 2.87. The summed E-state index contributed by atoms with van der Waals surface area (Å²) in [7, 11) is 0. The van der Waals surface area contributed by atoms with E-state index in [1.165, 1.54) is 28.8 Å². The molecular weight excluding hydrogens is 702 g/mol. The molecule has 2 fully saturated rings. The highest BCUT2D eigenvalue weighted by atomic mass is 35.5. The van der Waals surface area contributed by atoms with Gasteiger partial charge in [-0.3, -0.25) is 9.78 Å². The molecule has 0 unspecified atom stereocenters. The second kappa shape index (κ2) is 14.6. The lowest BCUT2D eigenvalue weighted by Gasteiger charge is -2.47. The van der Waals surface area contributed by atoms with Crippen molar-refractivity contribution < 1.29 is 28.9 Å². The van der Waals surface area contributed by atoms with Crippen molar-refractivity contribution in [3.8, 4) is 17.2 Å². The van der Waals surface area contributed by atoms with Crippen LogP contribution in [0.25, 0.3) is 0 Å². The van der Waals surface area contributed by atoms with E-state index in [1.54, 1.807) is 19.1 Å². The standard InChI is InChI=1S/C44H54ClN3O6/c1-28(25-52-37-10-17-46-36-9-4-6-29(2)40(36)37)20-32-21-31-22-38-39(54-27-42(26-53-38)15-18-48(19-16-42)30(3)49)24-35(31)43(32)11-13-44(14-12-43,41(50)51)47-34-8-5-7-33(45)23-34/h5,7-8,10,17,22-24,28-29,32,47H,4,6,9,11-16,18-21,25-27H2,1-3H3,(H,50,51)/t28-,29-,32+,43?,44?/m1/s1. The maximum atomic E-state index is 13.1. The number of fused-ring (bicyclic) bond motifs is 4. The lowest BCUT2D eigenvalue weighted by molar-refractivity contribution is -0.144. The number of ether oxygens (including phenoxy) is 3. The van der Waals surface area contributed by atoms with Crippen LogP contribution in [0, 0.1) is 17.3 Å². The van der Waals surface area contributed by atoms with E-state index < -0.39 is 11.5 Å². The highest BCUT2D eigenvalue weighted by molar-refractivity contribution is 6.30. The Balaban J connectivity index is 1.05. The van der Waals surface area contributed by atoms with Crippen LogP contribution in [0.3, 0.4) is 0 Å². The third-order valence-electron chi connectivity index (χ3n) is 13.7. The highest BCUT2D eigenvalue weighted by Gasteiger charge is 2.55. The summed E-state index contributed by atoms with van der Waals surface area (Å²) in [6.45, 7) is 9.39. The van der Waals surface area contributed by atoms with Gasteiger partial charge in [-0.05, 0) is 141 Å². The second-order valence-electron chi connectivity index (χ2n) is 17.2. The molecular formula is C44H54ClN3O6. The van der Waals surface area contributed by atoms with Gasteiger partial charge in [0.15, 0.2) is 11.5 Å². The third kappa shape index (κ3) is 6.90. The molecule has 2 spiro atoms. The number of amides is 1. The number of anilines is 1. The van der Waals surface area contributed by atoms with Gasteiger partial charge >= 0.3 is 5.97 Å². The number of hydrogen-bond acceptors (Lipinski definition) is 7. The van der Waals surface area contributed by atoms with Crippen LogP contribution in [-0.4, -0.2) is 65.3 Å². The maximum Gasteiger partial charge on any atom is 0.329 e. The summed E-state index contributed by atoms with van der Waals surface area (Å²) in [6.07, 6.45) is 11.2. The van der Waals surface area contributed by atoms with Crippen molar-refractivity contribution in [3.63, 3.8) is 0 Å². The summed E-state index contributed by atoms with van der Waals surface area (Å²) in [4.78, 5) is 31.7. The lowest BCUT2D eigenvalue weighted by Crippen LogP contribution is -2.53. The SMILES string of the molecule is CC(=O)N1CCC2(CC1)COc1cc3c(cc1OC2)C1(CCC(Nc2cccc(Cl)c2)(C(=O)O)CC1)[C@@H](C[C@@H](C)COc1ccnc2c1[C@H](C)CCC2)C3. The van der Waals surface area contributed by atoms with Crippen molar-refractivity contribution in [2.45, 2.75) is 108 Å². The Morgan fingerprint density at radius 3 is 2.50 bits per heavy atom. The minimum atomic E-state index is -1.10. The molecule has 1 saturated carbocycles. The van der Waals surface area contributed by atoms with Crippen LogP contribution in [0.5, 0.6) is 17.2 Å². The number of halogens is 1. The van der Waals surface area contributed by atoms with Gasteiger partial charge in [-0.25, -0.2) is 4.79 Å². The van der Waals surface area contributed by atoms with E-state index in [1.807, 2.05) is 29.3 Å². The van der Waals surface area contributed by atoms with E-state index in [4.69, 9.17) is 25.8 Å². The molecule has 3 aromatic rings. The zero-order valence-electron chi connectivity index (χ0n) is 31.9. The Hall–Kier alpha value is -3.98. The quantitative estimate of drug-likeness (QED) is 0.235. The smallest absolute Gasteiger partial charge is 0.329 e. The molecule has 10 heteroatoms. The van der Waals surface area contributed by atoms with Crippen LogP contribution in [-0.2, 0) is 27.8 Å². The van der Waals surface area contributed by atoms with E-state index in [-0.39, 0.29) is 22.7 Å². The molecule has 2 N–H and O–H groups in total. The summed E-state index contributed by atoms with van der Waals surface area (Å²) in [5, 5.41) is 14.7. The number of pyridine rings is 1. The summed E-state index contributed by atoms with van der Waals surface area (Å²) < 4.78 is 19.8. The number of nitrogens with zero attached hydrogens (tertiary/aromatic N) is 2. The number of carbonyl (C=O) groups is 2. The molecule has 0 bridgehead atoms. The average molecular weight is 756 g/mol. The predicted molar refractivity (Wildman–Crippen MR) is 209 cm³/mol. The van der Waals surface area contributed by atoms with Gasteiger partial charge in [0.2, 0.25) is 5.91 Å². The van der Waals surface area contributed by atoms with Gasteiger partial charge in [0.1, 0.15) is 11.3 Å². The van der Waals surface area contributed by atoms with Crippen molar-refractivity contribution in [1.82, 2.24) is 9.88 Å². The number of aromatic nitrogens is 1. The van der Waals surface area contributed by atoms with Crippen molar-refractivity contribution in [3.05, 3.63) is 76.1 Å². The lowest BCUT2D eigenvalue weighted by atomic mass is 9.59. The molecule has 3 atom stereocenters. The number of likely N-dealkylation sites (tertiary alicyclic amines) is 1. The first-order valence-electron chi connectivity index (χ1n) is 20.0. The number of aryl methyl sites for hydroxylation is 1. The van der Waals surface area contributed by atoms with Crippen LogP contribution in [0.15, 0.2) is 48.7 Å². The van der Waals surface area contributed by atoms with E-state index in [9.17, 15) is 14.7 Å². The Bertz CT molecular complexity index is 1900. The third-order valence-corrected chi connectivity index (χ3v) is 13.9. The zero-order chi connectivity index (χ0) is 37.7. The fourth-order valence-electron chi connectivity index (χ4n) is 10.4. The van der Waals surface area contributed by atoms with Crippen LogP contribution >= 0.6 is 11.6 Å². The first-order chi connectivity index (χ1) is 26.0. The molecule has 3 aliphatic carbocycles.